The molecule has 0 fully saturated rings. The number of hydrogen-bond donors (Lipinski definition) is 5. The Morgan fingerprint density at radius 2 is 0.571 bits per heavy atom. The Morgan fingerprint density at radius 3 is 0.571 bits per heavy atom. The van der Waals surface area contributed by atoms with Gasteiger partial charge in [-0.05, 0) is 0 Å². The normalized spacial score (nSPS) is 5.90. The molecule has 0 spiro atoms. The summed E-state index contributed by atoms with van der Waals surface area (Å²) in [5, 5.41) is 45.0. The minimum absolute atomic E-state index is 0. The molecule has 0 bridgehead atoms. The molecule has 12 heteroatoms. The average molecular weight is 340 g/mol. The topological polar surface area (TPSA) is 210 Å². The van der Waals surface area contributed by atoms with Crippen LogP contribution in [0, 0.1) is 0 Å². The van der Waals surface area contributed by atoms with E-state index in [4.69, 9.17) is 54.6 Å². The van der Waals surface area contributed by atoms with Crippen LogP contribution in [0.1, 0.15) is 27.7 Å². The summed E-state index contributed by atoms with van der Waals surface area (Å²) in [7, 11) is 0. The Kier molecular flexibility index (Phi) is 54.7. The molecule has 0 aromatic heterocycles. The number of carboxylic acid groups (broad SMARTS) is 6. The minimum Gasteiger partial charge on any atom is -0.565 e. The maximum Gasteiger partial charge on any atom is 1.00 e. The molecule has 0 aliphatic carbocycles. The summed E-state index contributed by atoms with van der Waals surface area (Å²) in [5.41, 5.74) is 0. The second-order valence-electron chi connectivity index (χ2n) is 2.34. The molecule has 21 heavy (non-hydrogen) atoms. The Balaban J connectivity index is -0.0000000331. The van der Waals surface area contributed by atoms with Crippen molar-refractivity contribution < 1.29 is 106 Å². The molecule has 0 aliphatic rings. The van der Waals surface area contributed by atoms with Gasteiger partial charge in [0.15, 0.2) is 0 Å². The second kappa shape index (κ2) is 31.3. The molecule has 120 valence electrons. The Morgan fingerprint density at radius 1 is 0.571 bits per heavy atom. The first kappa shape index (κ1) is 36.7. The zero-order valence-electron chi connectivity index (χ0n) is 12.2. The van der Waals surface area contributed by atoms with E-state index in [1.54, 1.807) is 0 Å². The molecule has 0 rings (SSSR count). The van der Waals surface area contributed by atoms with Gasteiger partial charge in [0.1, 0.15) is 0 Å². The third-order valence-electron chi connectivity index (χ3n) is 0. The van der Waals surface area contributed by atoms with Crippen LogP contribution in [0.3, 0.4) is 0 Å². The summed E-state index contributed by atoms with van der Waals surface area (Å²) in [4.78, 5) is 44.4. The van der Waals surface area contributed by atoms with Crippen molar-refractivity contribution in [2.75, 3.05) is 0 Å². The molecule has 0 heterocycles. The first-order valence-corrected chi connectivity index (χ1v) is 4.34. The smallest absolute Gasteiger partial charge is 0.565 e. The van der Waals surface area contributed by atoms with Gasteiger partial charge >= 0.3 is 51.4 Å². The summed E-state index contributed by atoms with van der Waals surface area (Å²) in [6.45, 7) is 4.33. The molecule has 0 saturated heterocycles. The molecule has 0 aromatic rings. The van der Waals surface area contributed by atoms with Crippen molar-refractivity contribution in [2.45, 2.75) is 27.7 Å². The Bertz CT molecular complexity index is 210. The average Bonchev–Trinajstić information content (AvgIpc) is 1.94. The molecule has 5 N–H and O–H groups in total. The molecule has 0 atom stereocenters. The first-order valence-electron chi connectivity index (χ1n) is 4.34. The van der Waals surface area contributed by atoms with Crippen molar-refractivity contribution in [3.05, 3.63) is 0 Å². The minimum atomic E-state index is -2.08. The second-order valence-corrected chi connectivity index (χ2v) is 2.34. The van der Waals surface area contributed by atoms with Crippen LogP contribution in [-0.2, 0) is 19.2 Å². The van der Waals surface area contributed by atoms with E-state index in [1.165, 1.54) is 0 Å². The van der Waals surface area contributed by atoms with Crippen LogP contribution in [0.25, 0.3) is 0 Å². The zero-order valence-corrected chi connectivity index (χ0v) is 15.3. The Hall–Kier alpha value is -1.21. The van der Waals surface area contributed by atoms with Gasteiger partial charge in [0.2, 0.25) is 6.16 Å². The van der Waals surface area contributed by atoms with E-state index in [2.05, 4.69) is 0 Å². The van der Waals surface area contributed by atoms with Crippen LogP contribution in [0.2, 0.25) is 0 Å². The van der Waals surface area contributed by atoms with Crippen molar-refractivity contribution in [3.8, 4) is 0 Å². The molecule has 0 saturated carbocycles. The van der Waals surface area contributed by atoms with Crippen LogP contribution in [0.4, 0.5) is 4.79 Å². The van der Waals surface area contributed by atoms with Crippen molar-refractivity contribution in [1.82, 2.24) is 0 Å². The summed E-state index contributed by atoms with van der Waals surface area (Å²) in [6, 6.07) is 0. The first-order chi connectivity index (χ1) is 8.66. The molecular weight excluding hydrogens is 323 g/mol. The van der Waals surface area contributed by atoms with E-state index in [9.17, 15) is 0 Å². The predicted octanol–water partition coefficient (Wildman–Crippen LogP) is -3.74. The van der Waals surface area contributed by atoms with Crippen LogP contribution in [-0.4, -0.2) is 55.6 Å². The maximum absolute atomic E-state index is 9.00. The molecule has 0 radical (unpaired) electrons. The van der Waals surface area contributed by atoms with E-state index in [-0.39, 0.29) is 51.4 Å². The standard InChI is InChI=1S/4C2H4O2.CH2O3.K/c4*1-2(3)4;2-1(3)4;/h4*1H3,(H,3,4);(H2,2,3,4);/q;;;;;+1/p-1. The fraction of sp³-hybridized carbons (Fsp3) is 0.444. The van der Waals surface area contributed by atoms with E-state index in [0.29, 0.717) is 0 Å². The van der Waals surface area contributed by atoms with Crippen molar-refractivity contribution in [2.24, 2.45) is 0 Å². The number of carboxylic acids is 4. The quantitative estimate of drug-likeness (QED) is 0.270. The van der Waals surface area contributed by atoms with Gasteiger partial charge in [0.25, 0.3) is 23.9 Å². The van der Waals surface area contributed by atoms with Crippen LogP contribution in [0.5, 0.6) is 0 Å². The number of carbonyl (C=O) groups is 5. The fourth-order valence-corrected chi connectivity index (χ4v) is 0. The van der Waals surface area contributed by atoms with E-state index in [0.717, 1.165) is 27.7 Å². The fourth-order valence-electron chi connectivity index (χ4n) is 0. The molecule has 0 amide bonds. The van der Waals surface area contributed by atoms with Gasteiger partial charge in [-0.2, -0.15) is 0 Å². The molecular formula is C9H17KO11. The van der Waals surface area contributed by atoms with E-state index < -0.39 is 30.0 Å². The van der Waals surface area contributed by atoms with Gasteiger partial charge in [-0.1, -0.05) is 0 Å². The van der Waals surface area contributed by atoms with E-state index in [1.807, 2.05) is 0 Å². The molecule has 0 unspecified atom stereocenters. The number of hydrogen-bond acceptors (Lipinski definition) is 6. The SMILES string of the molecule is CC(=O)O.CC(=O)O.CC(=O)O.CC(=O)O.O=C([O-])O.[K+]. The Labute approximate surface area is 162 Å². The number of rotatable bonds is 0. The van der Waals surface area contributed by atoms with E-state index >= 15 is 0 Å². The third-order valence-corrected chi connectivity index (χ3v) is 0. The van der Waals surface area contributed by atoms with Crippen molar-refractivity contribution >= 4 is 30.0 Å². The van der Waals surface area contributed by atoms with Crippen LogP contribution >= 0.6 is 0 Å². The predicted molar refractivity (Wildman–Crippen MR) is 61.3 cm³/mol. The summed E-state index contributed by atoms with van der Waals surface area (Å²) >= 11 is 0. The van der Waals surface area contributed by atoms with Gasteiger partial charge in [-0.25, -0.2) is 0 Å². The van der Waals surface area contributed by atoms with Gasteiger partial charge in [0.05, 0.1) is 0 Å². The largest absolute Gasteiger partial charge is 1.00 e. The van der Waals surface area contributed by atoms with Crippen molar-refractivity contribution in [3.63, 3.8) is 0 Å². The van der Waals surface area contributed by atoms with Gasteiger partial charge in [0, 0.05) is 27.7 Å². The van der Waals surface area contributed by atoms with Crippen LogP contribution < -0.4 is 56.5 Å². The molecule has 0 aromatic carbocycles. The summed E-state index contributed by atoms with van der Waals surface area (Å²) < 4.78 is 0. The maximum atomic E-state index is 9.00. The third kappa shape index (κ3) is 3590. The summed E-state index contributed by atoms with van der Waals surface area (Å²) in [5.74, 6) is -3.33. The van der Waals surface area contributed by atoms with Gasteiger partial charge < -0.3 is 35.4 Å². The van der Waals surface area contributed by atoms with Crippen LogP contribution in [0.15, 0.2) is 0 Å². The molecule has 0 aliphatic heterocycles. The van der Waals surface area contributed by atoms with Gasteiger partial charge in [-0.3, -0.25) is 19.2 Å². The number of aliphatic carboxylic acids is 4. The van der Waals surface area contributed by atoms with Crippen molar-refractivity contribution in [1.29, 1.82) is 0 Å². The monoisotopic (exact) mass is 340 g/mol. The molecule has 11 nitrogen and oxygen atoms in total. The summed E-state index contributed by atoms with van der Waals surface area (Å²) in [6.07, 6.45) is -2.08. The zero-order chi connectivity index (χ0) is 17.9. The van der Waals surface area contributed by atoms with Gasteiger partial charge in [-0.15, -0.1) is 0 Å².